The van der Waals surface area contributed by atoms with Crippen LogP contribution in [-0.2, 0) is 14.8 Å². The van der Waals surface area contributed by atoms with Crippen LogP contribution < -0.4 is 5.56 Å². The van der Waals surface area contributed by atoms with Crippen molar-refractivity contribution >= 4 is 33.2 Å². The molecule has 1 aromatic heterocycles. The predicted octanol–water partition coefficient (Wildman–Crippen LogP) is 3.52. The topological polar surface area (TPSA) is 81.5 Å². The van der Waals surface area contributed by atoms with Gasteiger partial charge in [-0.2, -0.15) is 27.3 Å². The number of benzene rings is 1. The molecule has 0 spiro atoms. The fraction of sp³-hybridized carbons (Fsp3) is 0.412. The van der Waals surface area contributed by atoms with Crippen LogP contribution in [0.5, 0.6) is 0 Å². The van der Waals surface area contributed by atoms with Crippen molar-refractivity contribution in [2.75, 3.05) is 26.3 Å². The number of alkyl halides is 3. The van der Waals surface area contributed by atoms with Crippen LogP contribution in [0.15, 0.2) is 40.2 Å². The lowest BCUT2D eigenvalue weighted by molar-refractivity contribution is -0.136. The first-order valence-electron chi connectivity index (χ1n) is 8.65. The van der Waals surface area contributed by atoms with Gasteiger partial charge in [-0.1, -0.05) is 23.2 Å². The number of halogens is 5. The van der Waals surface area contributed by atoms with Crippen molar-refractivity contribution in [1.29, 1.82) is 0 Å². The minimum atomic E-state index is -4.71. The minimum Gasteiger partial charge on any atom is -0.382 e. The molecular weight excluding hydrogens is 470 g/mol. The molecule has 0 atom stereocenters. The second-order valence-corrected chi connectivity index (χ2v) is 8.74. The third kappa shape index (κ3) is 6.17. The van der Waals surface area contributed by atoms with Gasteiger partial charge in [-0.05, 0) is 37.6 Å². The van der Waals surface area contributed by atoms with Crippen LogP contribution in [0.2, 0.25) is 10.0 Å². The average molecular weight is 488 g/mol. The van der Waals surface area contributed by atoms with Gasteiger partial charge in [0.1, 0.15) is 11.6 Å². The highest BCUT2D eigenvalue weighted by Crippen LogP contribution is 2.24. The minimum absolute atomic E-state index is 0.0491. The second kappa shape index (κ2) is 10.1. The molecule has 1 aromatic carbocycles. The van der Waals surface area contributed by atoms with Crippen molar-refractivity contribution < 1.29 is 26.3 Å². The third-order valence-corrected chi connectivity index (χ3v) is 6.46. The van der Waals surface area contributed by atoms with E-state index in [4.69, 9.17) is 27.9 Å². The van der Waals surface area contributed by atoms with Crippen molar-refractivity contribution in [3.05, 3.63) is 50.9 Å². The van der Waals surface area contributed by atoms with Crippen LogP contribution in [0.1, 0.15) is 13.3 Å². The highest BCUT2D eigenvalue weighted by Gasteiger charge is 2.36. The zero-order chi connectivity index (χ0) is 22.5. The van der Waals surface area contributed by atoms with Gasteiger partial charge in [0, 0.05) is 19.8 Å². The molecule has 7 nitrogen and oxygen atoms in total. The van der Waals surface area contributed by atoms with E-state index in [9.17, 15) is 26.4 Å². The van der Waals surface area contributed by atoms with Gasteiger partial charge in [0.25, 0.3) is 5.56 Å². The molecule has 2 rings (SSSR count). The average Bonchev–Trinajstić information content (AvgIpc) is 2.68. The first-order chi connectivity index (χ1) is 14.0. The summed E-state index contributed by atoms with van der Waals surface area (Å²) in [6, 6.07) is 4.65. The standard InChI is InChI=1S/C17H18Cl2F3N3O4S/c1-2-29-9-3-8-24(11-17(20,21)22)30(27,28)13-6-4-12(5-7-13)25-16(26)15(19)14(18)10-23-25/h4-7,10H,2-3,8-9,11H2,1H3. The number of sulfonamides is 1. The Bertz CT molecular complexity index is 1030. The van der Waals surface area contributed by atoms with Crippen LogP contribution in [0.4, 0.5) is 13.2 Å². The normalized spacial score (nSPS) is 12.5. The summed E-state index contributed by atoms with van der Waals surface area (Å²) in [5.74, 6) is 0. The molecule has 1 heterocycles. The maximum atomic E-state index is 12.9. The van der Waals surface area contributed by atoms with E-state index >= 15 is 0 Å². The Morgan fingerprint density at radius 3 is 2.40 bits per heavy atom. The van der Waals surface area contributed by atoms with Gasteiger partial charge in [0.05, 0.1) is 21.8 Å². The van der Waals surface area contributed by atoms with E-state index in [2.05, 4.69) is 5.10 Å². The van der Waals surface area contributed by atoms with Gasteiger partial charge < -0.3 is 4.74 Å². The highest BCUT2D eigenvalue weighted by molar-refractivity contribution is 7.89. The summed E-state index contributed by atoms with van der Waals surface area (Å²) >= 11 is 11.5. The summed E-state index contributed by atoms with van der Waals surface area (Å²) in [6.07, 6.45) is -3.47. The molecule has 13 heteroatoms. The van der Waals surface area contributed by atoms with Crippen LogP contribution in [0.3, 0.4) is 0 Å². The number of hydrogen-bond donors (Lipinski definition) is 0. The first kappa shape index (κ1) is 24.6. The van der Waals surface area contributed by atoms with E-state index in [1.54, 1.807) is 6.92 Å². The molecule has 2 aromatic rings. The summed E-state index contributed by atoms with van der Waals surface area (Å²) < 4.78 is 70.6. The van der Waals surface area contributed by atoms with E-state index in [1.807, 2.05) is 0 Å². The van der Waals surface area contributed by atoms with E-state index in [1.165, 1.54) is 12.1 Å². The molecule has 0 radical (unpaired) electrons. The Morgan fingerprint density at radius 1 is 1.20 bits per heavy atom. The van der Waals surface area contributed by atoms with Gasteiger partial charge in [-0.3, -0.25) is 4.79 Å². The Balaban J connectivity index is 2.32. The molecule has 0 unspecified atom stereocenters. The maximum absolute atomic E-state index is 12.9. The molecule has 0 aliphatic rings. The fourth-order valence-corrected chi connectivity index (χ4v) is 4.19. The Labute approximate surface area is 181 Å². The van der Waals surface area contributed by atoms with Crippen molar-refractivity contribution in [3.63, 3.8) is 0 Å². The monoisotopic (exact) mass is 487 g/mol. The number of rotatable bonds is 9. The van der Waals surface area contributed by atoms with Crippen LogP contribution in [-0.4, -0.2) is 55.0 Å². The maximum Gasteiger partial charge on any atom is 0.402 e. The molecule has 0 N–H and O–H groups in total. The molecular formula is C17H18Cl2F3N3O4S. The van der Waals surface area contributed by atoms with E-state index in [-0.39, 0.29) is 40.2 Å². The van der Waals surface area contributed by atoms with Gasteiger partial charge in [-0.15, -0.1) is 0 Å². The van der Waals surface area contributed by atoms with Crippen LogP contribution >= 0.6 is 23.2 Å². The molecule has 0 aliphatic carbocycles. The Kier molecular flexibility index (Phi) is 8.28. The SMILES string of the molecule is CCOCCCN(CC(F)(F)F)S(=O)(=O)c1ccc(-n2ncc(Cl)c(Cl)c2=O)cc1. The van der Waals surface area contributed by atoms with Crippen LogP contribution in [0, 0.1) is 0 Å². The van der Waals surface area contributed by atoms with Crippen molar-refractivity contribution in [1.82, 2.24) is 14.1 Å². The predicted molar refractivity (Wildman–Crippen MR) is 106 cm³/mol. The summed E-state index contributed by atoms with van der Waals surface area (Å²) in [5.41, 5.74) is -0.564. The van der Waals surface area contributed by atoms with E-state index in [0.29, 0.717) is 10.9 Å². The third-order valence-electron chi connectivity index (χ3n) is 3.85. The molecule has 0 saturated heterocycles. The number of ether oxygens (including phenoxy) is 1. The smallest absolute Gasteiger partial charge is 0.382 e. The highest BCUT2D eigenvalue weighted by atomic mass is 35.5. The summed E-state index contributed by atoms with van der Waals surface area (Å²) in [5, 5.41) is 3.49. The van der Waals surface area contributed by atoms with Gasteiger partial charge >= 0.3 is 6.18 Å². The lowest BCUT2D eigenvalue weighted by Crippen LogP contribution is -2.39. The molecule has 0 bridgehead atoms. The molecule has 0 saturated carbocycles. The second-order valence-electron chi connectivity index (χ2n) is 6.02. The summed E-state index contributed by atoms with van der Waals surface area (Å²) in [6.45, 7) is 0.231. The van der Waals surface area contributed by atoms with Crippen molar-refractivity contribution in [2.24, 2.45) is 0 Å². The van der Waals surface area contributed by atoms with E-state index in [0.717, 1.165) is 23.0 Å². The quantitative estimate of drug-likeness (QED) is 0.505. The Hall–Kier alpha value is -1.66. The molecule has 166 valence electrons. The zero-order valence-electron chi connectivity index (χ0n) is 15.7. The van der Waals surface area contributed by atoms with Gasteiger partial charge in [0.15, 0.2) is 0 Å². The fourth-order valence-electron chi connectivity index (χ4n) is 2.48. The van der Waals surface area contributed by atoms with Gasteiger partial charge in [0.2, 0.25) is 10.0 Å². The molecule has 0 fully saturated rings. The summed E-state index contributed by atoms with van der Waals surface area (Å²) in [7, 11) is -4.44. The van der Waals surface area contributed by atoms with Crippen LogP contribution in [0.25, 0.3) is 5.69 Å². The van der Waals surface area contributed by atoms with Gasteiger partial charge in [-0.25, -0.2) is 8.42 Å². The molecule has 0 aliphatic heterocycles. The molecule has 30 heavy (non-hydrogen) atoms. The van der Waals surface area contributed by atoms with Crippen molar-refractivity contribution in [3.8, 4) is 5.69 Å². The van der Waals surface area contributed by atoms with Crippen molar-refractivity contribution in [2.45, 2.75) is 24.4 Å². The lowest BCUT2D eigenvalue weighted by Gasteiger charge is -2.23. The number of hydrogen-bond acceptors (Lipinski definition) is 5. The molecule has 0 amide bonds. The van der Waals surface area contributed by atoms with E-state index < -0.39 is 28.3 Å². The summed E-state index contributed by atoms with van der Waals surface area (Å²) in [4.78, 5) is 11.8. The first-order valence-corrected chi connectivity index (χ1v) is 10.9. The Morgan fingerprint density at radius 2 is 1.83 bits per heavy atom. The lowest BCUT2D eigenvalue weighted by atomic mass is 10.3. The number of nitrogens with zero attached hydrogens (tertiary/aromatic N) is 3. The number of aromatic nitrogens is 2. The largest absolute Gasteiger partial charge is 0.402 e. The zero-order valence-corrected chi connectivity index (χ0v) is 18.0.